The molecular weight excluding hydrogens is 440 g/mol. The zero-order chi connectivity index (χ0) is 25.3. The van der Waals surface area contributed by atoms with E-state index in [0.29, 0.717) is 22.9 Å². The van der Waals surface area contributed by atoms with Crippen LogP contribution in [0.1, 0.15) is 139 Å². The summed E-state index contributed by atoms with van der Waals surface area (Å²) < 4.78 is 0. The first-order valence-corrected chi connectivity index (χ1v) is 16.1. The third kappa shape index (κ3) is 6.91. The van der Waals surface area contributed by atoms with Crippen LogP contribution in [0.2, 0.25) is 0 Å². The Kier molecular flexibility index (Phi) is 13.8. The van der Waals surface area contributed by atoms with Gasteiger partial charge in [0.2, 0.25) is 0 Å². The predicted molar refractivity (Wildman–Crippen MR) is 155 cm³/mol. The molecule has 3 saturated carbocycles. The van der Waals surface area contributed by atoms with E-state index in [1.165, 1.54) is 77.0 Å². The molecule has 0 aliphatic heterocycles. The molecule has 0 radical (unpaired) electrons. The SMILES string of the molecule is CC.CC[C@@H](CC1CCCC2(C)C([C@H](C)CCCO)CCC12C)C1CCCCC1(C)C.SS. The van der Waals surface area contributed by atoms with E-state index in [1.54, 1.807) is 0 Å². The molecule has 3 heteroatoms. The molecule has 0 amide bonds. The first-order valence-electron chi connectivity index (χ1n) is 14.5. The van der Waals surface area contributed by atoms with E-state index in [1.807, 2.05) is 13.8 Å². The third-order valence-corrected chi connectivity index (χ3v) is 11.0. The van der Waals surface area contributed by atoms with Gasteiger partial charge in [0.05, 0.1) is 0 Å². The maximum absolute atomic E-state index is 9.34. The Balaban J connectivity index is 0.00000129. The van der Waals surface area contributed by atoms with Gasteiger partial charge in [-0.1, -0.05) is 81.1 Å². The molecule has 198 valence electrons. The van der Waals surface area contributed by atoms with Crippen LogP contribution < -0.4 is 0 Å². The van der Waals surface area contributed by atoms with Gasteiger partial charge >= 0.3 is 0 Å². The summed E-state index contributed by atoms with van der Waals surface area (Å²) in [6.45, 7) is 19.9. The molecule has 7 atom stereocenters. The lowest BCUT2D eigenvalue weighted by atomic mass is 9.49. The number of aliphatic hydroxyl groups excluding tert-OH is 1. The largest absolute Gasteiger partial charge is 0.396 e. The van der Waals surface area contributed by atoms with Crippen molar-refractivity contribution in [3.8, 4) is 0 Å². The highest BCUT2D eigenvalue weighted by molar-refractivity contribution is 8.59. The fourth-order valence-corrected chi connectivity index (χ4v) is 8.94. The van der Waals surface area contributed by atoms with Gasteiger partial charge in [-0.2, -0.15) is 0 Å². The lowest BCUT2D eigenvalue weighted by Crippen LogP contribution is -2.48. The zero-order valence-corrected chi connectivity index (χ0v) is 25.4. The number of fused-ring (bicyclic) bond motifs is 1. The molecule has 0 aromatic heterocycles. The minimum absolute atomic E-state index is 0.364. The van der Waals surface area contributed by atoms with Crippen molar-refractivity contribution in [1.29, 1.82) is 0 Å². The molecule has 33 heavy (non-hydrogen) atoms. The minimum Gasteiger partial charge on any atom is -0.396 e. The summed E-state index contributed by atoms with van der Waals surface area (Å²) in [5.41, 5.74) is 1.61. The standard InChI is InChI=1S/C28H52O.C2H6.H2S2/c1-7-22(25-14-8-9-16-26(25,3)4)20-23-13-10-17-28(6)24(15-18-27(23,28)5)21(2)12-11-19-29;2*1-2/h21-25,29H,7-20H2,1-6H3;1-2H3;1-2H/t21-,22+,23?,24?,25?,27?,28?;;/m1../s1. The van der Waals surface area contributed by atoms with Crippen molar-refractivity contribution in [2.24, 2.45) is 45.8 Å². The van der Waals surface area contributed by atoms with E-state index in [0.717, 1.165) is 36.0 Å². The summed E-state index contributed by atoms with van der Waals surface area (Å²) in [6, 6.07) is 0. The van der Waals surface area contributed by atoms with E-state index < -0.39 is 0 Å². The van der Waals surface area contributed by atoms with Crippen molar-refractivity contribution in [1.82, 2.24) is 0 Å². The summed E-state index contributed by atoms with van der Waals surface area (Å²) in [6.07, 6.45) is 18.2. The Bertz CT molecular complexity index is 535. The van der Waals surface area contributed by atoms with Crippen LogP contribution in [-0.4, -0.2) is 11.7 Å². The van der Waals surface area contributed by atoms with Crippen LogP contribution in [0.4, 0.5) is 0 Å². The third-order valence-electron chi connectivity index (χ3n) is 11.0. The maximum Gasteiger partial charge on any atom is 0.0431 e. The molecule has 0 saturated heterocycles. The van der Waals surface area contributed by atoms with Gasteiger partial charge in [-0.05, 0) is 104 Å². The van der Waals surface area contributed by atoms with Crippen LogP contribution in [0.15, 0.2) is 0 Å². The second-order valence-corrected chi connectivity index (χ2v) is 12.7. The minimum atomic E-state index is 0.364. The Morgan fingerprint density at radius 3 is 2.09 bits per heavy atom. The lowest BCUT2D eigenvalue weighted by Gasteiger charge is -2.56. The van der Waals surface area contributed by atoms with Gasteiger partial charge in [-0.15, -0.1) is 23.3 Å². The van der Waals surface area contributed by atoms with Crippen LogP contribution in [-0.2, 0) is 0 Å². The predicted octanol–water partition coefficient (Wildman–Crippen LogP) is 10.0. The van der Waals surface area contributed by atoms with Crippen LogP contribution >= 0.6 is 23.3 Å². The first kappa shape index (κ1) is 31.7. The second-order valence-electron chi connectivity index (χ2n) is 12.7. The Hall–Kier alpha value is 0.660. The molecule has 3 aliphatic carbocycles. The Morgan fingerprint density at radius 1 is 0.848 bits per heavy atom. The van der Waals surface area contributed by atoms with E-state index in [4.69, 9.17) is 0 Å². The van der Waals surface area contributed by atoms with E-state index in [2.05, 4.69) is 64.9 Å². The van der Waals surface area contributed by atoms with Gasteiger partial charge in [0, 0.05) is 6.61 Å². The Labute approximate surface area is 219 Å². The molecule has 0 aromatic rings. The second kappa shape index (κ2) is 14.4. The first-order chi connectivity index (χ1) is 15.7. The van der Waals surface area contributed by atoms with E-state index >= 15 is 0 Å². The van der Waals surface area contributed by atoms with Gasteiger partial charge in [0.1, 0.15) is 0 Å². The topological polar surface area (TPSA) is 20.2 Å². The van der Waals surface area contributed by atoms with Gasteiger partial charge in [-0.3, -0.25) is 0 Å². The summed E-state index contributed by atoms with van der Waals surface area (Å²) >= 11 is 6.44. The number of hydrogen-bond acceptors (Lipinski definition) is 3. The number of thiol groups is 2. The molecule has 0 heterocycles. The lowest BCUT2D eigenvalue weighted by molar-refractivity contribution is -0.0650. The fourth-order valence-electron chi connectivity index (χ4n) is 8.94. The quantitative estimate of drug-likeness (QED) is 0.224. The molecule has 3 fully saturated rings. The smallest absolute Gasteiger partial charge is 0.0431 e. The molecule has 1 N–H and O–H groups in total. The molecule has 0 bridgehead atoms. The zero-order valence-electron chi connectivity index (χ0n) is 23.6. The van der Waals surface area contributed by atoms with Gasteiger partial charge in [-0.25, -0.2) is 0 Å². The maximum atomic E-state index is 9.34. The van der Waals surface area contributed by atoms with Crippen molar-refractivity contribution in [3.05, 3.63) is 0 Å². The average molecular weight is 501 g/mol. The van der Waals surface area contributed by atoms with Gasteiger partial charge in [0.25, 0.3) is 0 Å². The fraction of sp³-hybridized carbons (Fsp3) is 1.00. The number of rotatable bonds is 8. The molecule has 3 rings (SSSR count). The average Bonchev–Trinajstić information content (AvgIpc) is 3.10. The number of hydrogen-bond donors (Lipinski definition) is 3. The highest BCUT2D eigenvalue weighted by Crippen LogP contribution is 2.68. The van der Waals surface area contributed by atoms with Crippen molar-refractivity contribution in [2.45, 2.75) is 139 Å². The van der Waals surface area contributed by atoms with Gasteiger partial charge < -0.3 is 5.11 Å². The summed E-state index contributed by atoms with van der Waals surface area (Å²) in [7, 11) is 0. The highest BCUT2D eigenvalue weighted by atomic mass is 33.1. The van der Waals surface area contributed by atoms with Crippen LogP contribution in [0.3, 0.4) is 0 Å². The molecular formula is C30H60OS2. The molecule has 0 spiro atoms. The molecule has 1 nitrogen and oxygen atoms in total. The summed E-state index contributed by atoms with van der Waals surface area (Å²) in [5.74, 6) is 4.44. The van der Waals surface area contributed by atoms with Gasteiger partial charge in [0.15, 0.2) is 0 Å². The van der Waals surface area contributed by atoms with Crippen molar-refractivity contribution >= 4 is 23.3 Å². The summed E-state index contributed by atoms with van der Waals surface area (Å²) in [5, 5.41) is 9.34. The van der Waals surface area contributed by atoms with E-state index in [9.17, 15) is 5.11 Å². The number of aliphatic hydroxyl groups is 1. The van der Waals surface area contributed by atoms with Crippen molar-refractivity contribution in [2.75, 3.05) is 6.61 Å². The van der Waals surface area contributed by atoms with Crippen LogP contribution in [0.25, 0.3) is 0 Å². The van der Waals surface area contributed by atoms with E-state index in [-0.39, 0.29) is 0 Å². The van der Waals surface area contributed by atoms with Crippen LogP contribution in [0.5, 0.6) is 0 Å². The van der Waals surface area contributed by atoms with Crippen molar-refractivity contribution in [3.63, 3.8) is 0 Å². The summed E-state index contributed by atoms with van der Waals surface area (Å²) in [4.78, 5) is 0. The highest BCUT2D eigenvalue weighted by Gasteiger charge is 2.59. The molecule has 0 aromatic carbocycles. The Morgan fingerprint density at radius 2 is 1.52 bits per heavy atom. The van der Waals surface area contributed by atoms with Crippen LogP contribution in [0, 0.1) is 45.8 Å². The molecule has 5 unspecified atom stereocenters. The normalized spacial score (nSPS) is 37.0. The van der Waals surface area contributed by atoms with Crippen molar-refractivity contribution < 1.29 is 5.11 Å². The molecule has 3 aliphatic rings. The monoisotopic (exact) mass is 500 g/mol.